The minimum atomic E-state index is -0.341. The molecule has 0 spiro atoms. The van der Waals surface area contributed by atoms with Gasteiger partial charge in [0.1, 0.15) is 0 Å². The van der Waals surface area contributed by atoms with Crippen LogP contribution in [-0.2, 0) is 22.4 Å². The molecule has 13 nitrogen and oxygen atoms in total. The highest BCUT2D eigenvalue weighted by Crippen LogP contribution is 2.40. The summed E-state index contributed by atoms with van der Waals surface area (Å²) < 4.78 is 0. The lowest BCUT2D eigenvalue weighted by atomic mass is 10.1. The number of rotatable bonds is 12. The first-order valence-electron chi connectivity index (χ1n) is 16.2. The molecule has 0 heterocycles. The first-order chi connectivity index (χ1) is 24.4. The number of nitrogens with zero attached hydrogens (tertiary/aromatic N) is 2. The zero-order valence-electron chi connectivity index (χ0n) is 27.0. The maximum Gasteiger partial charge on any atom is 0.319 e. The summed E-state index contributed by atoms with van der Waals surface area (Å²) >= 11 is 0. The van der Waals surface area contributed by atoms with Gasteiger partial charge in [0, 0.05) is 37.6 Å². The molecule has 0 radical (unpaired) electrons. The number of urea groups is 3. The second-order valence-electron chi connectivity index (χ2n) is 11.8. The largest absolute Gasteiger partial charge is 0.338 e. The highest BCUT2D eigenvalue weighted by molar-refractivity contribution is 5.91. The number of hydrogen-bond acceptors (Lipinski definition) is 7. The first kappa shape index (κ1) is 33.4. The molecule has 0 unspecified atom stereocenters. The van der Waals surface area contributed by atoms with Gasteiger partial charge in [-0.25, -0.2) is 24.0 Å². The summed E-state index contributed by atoms with van der Waals surface area (Å²) in [4.78, 5) is 65.4. The third-order valence-corrected chi connectivity index (χ3v) is 8.44. The Hall–Kier alpha value is -6.55. The molecule has 4 aromatic rings. The van der Waals surface area contributed by atoms with Gasteiger partial charge in [-0.3, -0.25) is 0 Å². The van der Waals surface area contributed by atoms with Gasteiger partial charge in [0.25, 0.3) is 0 Å². The van der Waals surface area contributed by atoms with Crippen molar-refractivity contribution in [2.24, 2.45) is 9.98 Å². The fraction of sp³-hybridized carbons (Fsp3) is 0.216. The van der Waals surface area contributed by atoms with Gasteiger partial charge in [0.2, 0.25) is 12.2 Å². The number of anilines is 2. The van der Waals surface area contributed by atoms with Crippen molar-refractivity contribution in [3.05, 3.63) is 95.1 Å². The van der Waals surface area contributed by atoms with Crippen molar-refractivity contribution in [2.45, 2.75) is 25.7 Å². The van der Waals surface area contributed by atoms with Crippen molar-refractivity contribution < 1.29 is 24.0 Å². The molecule has 0 saturated carbocycles. The molecule has 6 amide bonds. The molecule has 2 aliphatic rings. The zero-order valence-corrected chi connectivity index (χ0v) is 27.0. The van der Waals surface area contributed by atoms with E-state index in [9.17, 15) is 24.0 Å². The zero-order chi connectivity index (χ0) is 34.9. The minimum absolute atomic E-state index is 0.327. The molecule has 0 aliphatic heterocycles. The Morgan fingerprint density at radius 2 is 0.860 bits per heavy atom. The Bertz CT molecular complexity index is 1920. The van der Waals surface area contributed by atoms with Gasteiger partial charge >= 0.3 is 18.1 Å². The van der Waals surface area contributed by atoms with Crippen LogP contribution in [0.5, 0.6) is 0 Å². The van der Waals surface area contributed by atoms with E-state index >= 15 is 0 Å². The minimum Gasteiger partial charge on any atom is -0.338 e. The number of isocyanates is 2. The first-order valence-corrected chi connectivity index (χ1v) is 16.2. The van der Waals surface area contributed by atoms with Gasteiger partial charge in [-0.05, 0) is 119 Å². The van der Waals surface area contributed by atoms with Gasteiger partial charge in [-0.1, -0.05) is 24.3 Å². The summed E-state index contributed by atoms with van der Waals surface area (Å²) in [5.41, 5.74) is 11.1. The topological polar surface area (TPSA) is 182 Å². The summed E-state index contributed by atoms with van der Waals surface area (Å²) in [7, 11) is 0. The van der Waals surface area contributed by atoms with Crippen molar-refractivity contribution in [3.63, 3.8) is 0 Å². The Morgan fingerprint density at radius 1 is 0.500 bits per heavy atom. The van der Waals surface area contributed by atoms with Gasteiger partial charge in [-0.15, -0.1) is 0 Å². The Kier molecular flexibility index (Phi) is 10.4. The van der Waals surface area contributed by atoms with Crippen molar-refractivity contribution in [3.8, 4) is 22.3 Å². The molecule has 6 rings (SSSR count). The number of benzene rings is 4. The average molecular weight is 671 g/mol. The van der Waals surface area contributed by atoms with Crippen LogP contribution >= 0.6 is 0 Å². The van der Waals surface area contributed by atoms with E-state index in [0.29, 0.717) is 74.6 Å². The van der Waals surface area contributed by atoms with E-state index in [-0.39, 0.29) is 18.1 Å². The van der Waals surface area contributed by atoms with Crippen LogP contribution in [-0.4, -0.2) is 56.4 Å². The number of nitrogens with one attached hydrogen (secondary N) is 6. The third-order valence-electron chi connectivity index (χ3n) is 8.44. The van der Waals surface area contributed by atoms with E-state index < -0.39 is 0 Å². The van der Waals surface area contributed by atoms with Crippen LogP contribution < -0.4 is 31.9 Å². The fourth-order valence-corrected chi connectivity index (χ4v) is 6.19. The lowest BCUT2D eigenvalue weighted by Crippen LogP contribution is -2.39. The summed E-state index contributed by atoms with van der Waals surface area (Å²) in [5.74, 6) is 0. The number of fused-ring (bicyclic) bond motifs is 6. The smallest absolute Gasteiger partial charge is 0.319 e. The van der Waals surface area contributed by atoms with E-state index in [1.54, 1.807) is 24.3 Å². The van der Waals surface area contributed by atoms with Crippen molar-refractivity contribution in [1.29, 1.82) is 0 Å². The Labute approximate surface area is 287 Å². The molecule has 6 N–H and O–H groups in total. The maximum absolute atomic E-state index is 12.4. The number of aliphatic imine (C=N–C) groups is 2. The van der Waals surface area contributed by atoms with Crippen LogP contribution in [0.15, 0.2) is 82.8 Å². The van der Waals surface area contributed by atoms with Crippen molar-refractivity contribution >= 4 is 53.0 Å². The van der Waals surface area contributed by atoms with Crippen LogP contribution in [0.4, 0.5) is 37.1 Å². The predicted octanol–water partition coefficient (Wildman–Crippen LogP) is 5.79. The van der Waals surface area contributed by atoms with Crippen LogP contribution in [0.1, 0.15) is 35.1 Å². The molecule has 50 heavy (non-hydrogen) atoms. The molecule has 0 bridgehead atoms. The third kappa shape index (κ3) is 8.11. The van der Waals surface area contributed by atoms with Crippen LogP contribution in [0, 0.1) is 0 Å². The standard InChI is InChI=1S/C37H34N8O5/c46-21-42-27-3-7-31-23(17-27)15-25-19-29(5-9-33(25)31)44-36(49)40-13-1-11-38-35(48)39-12-2-14-41-37(50)45-30-6-10-34-26(20-30)16-24-18-28(43-22-47)4-8-32(24)34/h3-10,17-20H,1-2,11-16H2,(H2,38,39,48)(H2,40,44,49)(H2,41,45,50). The average Bonchev–Trinajstić information content (AvgIpc) is 3.64. The van der Waals surface area contributed by atoms with Crippen LogP contribution in [0.25, 0.3) is 22.3 Å². The van der Waals surface area contributed by atoms with E-state index in [1.807, 2.05) is 60.7 Å². The lowest BCUT2D eigenvalue weighted by molar-refractivity contribution is 0.240. The normalized spacial score (nSPS) is 11.4. The fourth-order valence-electron chi connectivity index (χ4n) is 6.19. The Morgan fingerprint density at radius 3 is 1.26 bits per heavy atom. The van der Waals surface area contributed by atoms with E-state index in [0.717, 1.165) is 44.5 Å². The number of carbonyl (C=O) groups is 3. The molecule has 13 heteroatoms. The SMILES string of the molecule is O=C=Nc1ccc2c(c1)Cc1cc(NC(=O)NCCCNC(=O)NCCCNC(=O)Nc3ccc4c(c3)Cc3cc(N=C=O)ccc3-4)ccc1-2. The quantitative estimate of drug-likeness (QED) is 0.0547. The second kappa shape index (κ2) is 15.6. The molecular formula is C37H34N8O5. The second-order valence-corrected chi connectivity index (χ2v) is 11.8. The Balaban J connectivity index is 0.814. The van der Waals surface area contributed by atoms with Gasteiger partial charge in [-0.2, -0.15) is 9.98 Å². The van der Waals surface area contributed by atoms with Crippen LogP contribution in [0.3, 0.4) is 0 Å². The molecule has 0 atom stereocenters. The molecular weight excluding hydrogens is 636 g/mol. The summed E-state index contributed by atoms with van der Waals surface area (Å²) in [6.45, 7) is 1.49. The molecule has 0 fully saturated rings. The number of carbonyl (C=O) groups excluding carboxylic acids is 5. The lowest BCUT2D eigenvalue weighted by Gasteiger charge is -2.11. The summed E-state index contributed by atoms with van der Waals surface area (Å²) in [6.07, 6.45) is 5.57. The molecule has 252 valence electrons. The molecule has 2 aliphatic carbocycles. The number of hydrogen-bond donors (Lipinski definition) is 6. The van der Waals surface area contributed by atoms with Gasteiger partial charge < -0.3 is 31.9 Å². The summed E-state index contributed by atoms with van der Waals surface area (Å²) in [6, 6.07) is 21.7. The van der Waals surface area contributed by atoms with E-state index in [4.69, 9.17) is 0 Å². The van der Waals surface area contributed by atoms with Gasteiger partial charge in [0.15, 0.2) is 0 Å². The highest BCUT2D eigenvalue weighted by Gasteiger charge is 2.21. The van der Waals surface area contributed by atoms with Gasteiger partial charge in [0.05, 0.1) is 11.4 Å². The van der Waals surface area contributed by atoms with E-state index in [1.165, 1.54) is 0 Å². The number of amides is 6. The van der Waals surface area contributed by atoms with E-state index in [2.05, 4.69) is 41.9 Å². The summed E-state index contributed by atoms with van der Waals surface area (Å²) in [5, 5.41) is 16.8. The van der Waals surface area contributed by atoms with Crippen molar-refractivity contribution in [1.82, 2.24) is 21.3 Å². The van der Waals surface area contributed by atoms with Crippen molar-refractivity contribution in [2.75, 3.05) is 36.8 Å². The monoisotopic (exact) mass is 670 g/mol. The predicted molar refractivity (Wildman–Crippen MR) is 190 cm³/mol. The molecule has 0 saturated heterocycles. The van der Waals surface area contributed by atoms with Crippen LogP contribution in [0.2, 0.25) is 0 Å². The molecule has 0 aromatic heterocycles. The molecule has 4 aromatic carbocycles. The maximum atomic E-state index is 12.4. The highest BCUT2D eigenvalue weighted by atomic mass is 16.2.